The van der Waals surface area contributed by atoms with Crippen LogP contribution in [0.2, 0.25) is 0 Å². The van der Waals surface area contributed by atoms with Crippen molar-refractivity contribution in [2.24, 2.45) is 5.10 Å². The molecule has 6 heteroatoms. The fraction of sp³-hybridized carbons (Fsp3) is 0.111. The van der Waals surface area contributed by atoms with E-state index in [0.717, 1.165) is 17.0 Å². The number of nitrogens with one attached hydrogen (secondary N) is 2. The molecule has 0 bridgehead atoms. The second kappa shape index (κ2) is 9.32. The molecule has 0 radical (unpaired) electrons. The van der Waals surface area contributed by atoms with E-state index < -0.39 is 0 Å². The predicted molar refractivity (Wildman–Crippen MR) is 102 cm³/mol. The first-order valence-electron chi connectivity index (χ1n) is 7.30. The number of hydrazone groups is 1. The second-order valence-corrected chi connectivity index (χ2v) is 5.07. The minimum Gasteiger partial charge on any atom is -0.495 e. The van der Waals surface area contributed by atoms with Crippen LogP contribution in [0.5, 0.6) is 11.5 Å². The van der Waals surface area contributed by atoms with E-state index in [1.54, 1.807) is 19.4 Å². The molecule has 0 spiro atoms. The van der Waals surface area contributed by atoms with Crippen LogP contribution in [0.3, 0.4) is 0 Å². The number of hydrogen-bond acceptors (Lipinski definition) is 4. The maximum atomic E-state index is 5.57. The molecule has 0 aliphatic heterocycles. The van der Waals surface area contributed by atoms with Gasteiger partial charge in [0.15, 0.2) is 5.11 Å². The summed E-state index contributed by atoms with van der Waals surface area (Å²) in [6.45, 7) is 4.07. The van der Waals surface area contributed by atoms with Gasteiger partial charge in [-0.15, -0.1) is 0 Å². The van der Waals surface area contributed by atoms with Crippen LogP contribution < -0.4 is 20.2 Å². The van der Waals surface area contributed by atoms with Crippen LogP contribution in [0, 0.1) is 0 Å². The number of anilines is 1. The van der Waals surface area contributed by atoms with Crippen molar-refractivity contribution in [2.75, 3.05) is 19.0 Å². The first kappa shape index (κ1) is 17.5. The van der Waals surface area contributed by atoms with E-state index in [0.29, 0.717) is 17.5 Å². The van der Waals surface area contributed by atoms with E-state index in [-0.39, 0.29) is 0 Å². The average molecular weight is 341 g/mol. The molecule has 0 saturated carbocycles. The van der Waals surface area contributed by atoms with Crippen LogP contribution >= 0.6 is 12.2 Å². The molecule has 0 aliphatic carbocycles. The van der Waals surface area contributed by atoms with E-state index >= 15 is 0 Å². The third-order valence-electron chi connectivity index (χ3n) is 3.00. The third-order valence-corrected chi connectivity index (χ3v) is 3.19. The number of rotatable bonds is 7. The lowest BCUT2D eigenvalue weighted by Crippen LogP contribution is -2.24. The molecule has 0 amide bonds. The Labute approximate surface area is 147 Å². The van der Waals surface area contributed by atoms with Crippen molar-refractivity contribution < 1.29 is 9.47 Å². The fourth-order valence-electron chi connectivity index (χ4n) is 1.93. The van der Waals surface area contributed by atoms with Gasteiger partial charge in [-0.25, -0.2) is 0 Å². The van der Waals surface area contributed by atoms with Crippen LogP contribution in [0.15, 0.2) is 66.3 Å². The Bertz CT molecular complexity index is 732. The molecule has 2 aromatic carbocycles. The monoisotopic (exact) mass is 341 g/mol. The van der Waals surface area contributed by atoms with Gasteiger partial charge in [0.2, 0.25) is 0 Å². The van der Waals surface area contributed by atoms with Crippen molar-refractivity contribution >= 4 is 29.2 Å². The van der Waals surface area contributed by atoms with Crippen molar-refractivity contribution in [1.29, 1.82) is 0 Å². The minimum absolute atomic E-state index is 0.361. The van der Waals surface area contributed by atoms with E-state index in [9.17, 15) is 0 Å². The summed E-state index contributed by atoms with van der Waals surface area (Å²) in [4.78, 5) is 0. The van der Waals surface area contributed by atoms with Gasteiger partial charge < -0.3 is 14.8 Å². The van der Waals surface area contributed by atoms with Crippen molar-refractivity contribution in [3.8, 4) is 11.5 Å². The van der Waals surface area contributed by atoms with E-state index in [1.165, 1.54) is 0 Å². The number of thiocarbonyl (C=S) groups is 1. The maximum absolute atomic E-state index is 5.57. The molecule has 0 atom stereocenters. The zero-order valence-electron chi connectivity index (χ0n) is 13.4. The lowest BCUT2D eigenvalue weighted by atomic mass is 10.2. The van der Waals surface area contributed by atoms with Crippen LogP contribution in [-0.4, -0.2) is 25.0 Å². The van der Waals surface area contributed by atoms with Gasteiger partial charge in [0.25, 0.3) is 0 Å². The number of methoxy groups -OCH3 is 1. The molecule has 0 aromatic heterocycles. The van der Waals surface area contributed by atoms with E-state index in [4.69, 9.17) is 21.7 Å². The molecule has 5 nitrogen and oxygen atoms in total. The summed E-state index contributed by atoms with van der Waals surface area (Å²) in [5, 5.41) is 7.53. The van der Waals surface area contributed by atoms with Gasteiger partial charge in [0.1, 0.15) is 18.1 Å². The summed E-state index contributed by atoms with van der Waals surface area (Å²) < 4.78 is 10.8. The van der Waals surface area contributed by atoms with E-state index in [1.807, 2.05) is 48.5 Å². The van der Waals surface area contributed by atoms with Crippen LogP contribution in [0.4, 0.5) is 5.69 Å². The van der Waals surface area contributed by atoms with Crippen molar-refractivity contribution in [1.82, 2.24) is 5.43 Å². The van der Waals surface area contributed by atoms with Crippen LogP contribution in [-0.2, 0) is 0 Å². The molecular weight excluding hydrogens is 322 g/mol. The SMILES string of the molecule is C=CCOc1ccccc1/C=N\NC(=S)Nc1ccccc1OC. The van der Waals surface area contributed by atoms with Gasteiger partial charge in [-0.3, -0.25) is 5.43 Å². The first-order valence-corrected chi connectivity index (χ1v) is 7.71. The smallest absolute Gasteiger partial charge is 0.191 e. The molecule has 0 unspecified atom stereocenters. The van der Waals surface area contributed by atoms with Crippen molar-refractivity contribution in [3.63, 3.8) is 0 Å². The summed E-state index contributed by atoms with van der Waals surface area (Å²) in [7, 11) is 1.61. The lowest BCUT2D eigenvalue weighted by molar-refractivity contribution is 0.362. The summed E-state index contributed by atoms with van der Waals surface area (Å²) in [5.74, 6) is 1.43. The number of benzene rings is 2. The standard InChI is InChI=1S/C18H19N3O2S/c1-3-12-23-16-10-6-4-8-14(16)13-19-21-18(24)20-15-9-5-7-11-17(15)22-2/h3-11,13H,1,12H2,2H3,(H2,20,21,24)/b19-13-. The molecule has 0 aliphatic rings. The molecule has 2 N–H and O–H groups in total. The molecule has 124 valence electrons. The first-order chi connectivity index (χ1) is 11.7. The largest absolute Gasteiger partial charge is 0.495 e. The highest BCUT2D eigenvalue weighted by Gasteiger charge is 2.03. The maximum Gasteiger partial charge on any atom is 0.191 e. The quantitative estimate of drug-likeness (QED) is 0.349. The summed E-state index contributed by atoms with van der Waals surface area (Å²) in [5.41, 5.74) is 4.38. The lowest BCUT2D eigenvalue weighted by Gasteiger charge is -2.11. The third kappa shape index (κ3) is 5.10. The number of nitrogens with zero attached hydrogens (tertiary/aromatic N) is 1. The molecule has 2 rings (SSSR count). The molecule has 0 fully saturated rings. The van der Waals surface area contributed by atoms with Gasteiger partial charge in [-0.2, -0.15) is 5.10 Å². The highest BCUT2D eigenvalue weighted by molar-refractivity contribution is 7.80. The van der Waals surface area contributed by atoms with Crippen LogP contribution in [0.25, 0.3) is 0 Å². The van der Waals surface area contributed by atoms with Gasteiger partial charge in [-0.1, -0.05) is 36.9 Å². The average Bonchev–Trinajstić information content (AvgIpc) is 2.61. The van der Waals surface area contributed by atoms with Gasteiger partial charge in [0, 0.05) is 5.56 Å². The number of hydrogen-bond donors (Lipinski definition) is 2. The number of para-hydroxylation sites is 3. The zero-order chi connectivity index (χ0) is 17.2. The highest BCUT2D eigenvalue weighted by atomic mass is 32.1. The summed E-state index contributed by atoms with van der Waals surface area (Å²) in [6.07, 6.45) is 3.34. The predicted octanol–water partition coefficient (Wildman–Crippen LogP) is 3.58. The topological polar surface area (TPSA) is 54.9 Å². The van der Waals surface area contributed by atoms with Crippen molar-refractivity contribution in [2.45, 2.75) is 0 Å². The molecular formula is C18H19N3O2S. The fourth-order valence-corrected chi connectivity index (χ4v) is 2.09. The molecule has 0 heterocycles. The molecule has 24 heavy (non-hydrogen) atoms. The highest BCUT2D eigenvalue weighted by Crippen LogP contribution is 2.22. The van der Waals surface area contributed by atoms with Crippen molar-refractivity contribution in [3.05, 3.63) is 66.7 Å². The Hall–Kier alpha value is -2.86. The molecule has 0 saturated heterocycles. The van der Waals surface area contributed by atoms with Gasteiger partial charge in [-0.05, 0) is 36.5 Å². The van der Waals surface area contributed by atoms with Crippen LogP contribution in [0.1, 0.15) is 5.56 Å². The van der Waals surface area contributed by atoms with Gasteiger partial charge >= 0.3 is 0 Å². The second-order valence-electron chi connectivity index (χ2n) is 4.66. The normalized spacial score (nSPS) is 10.2. The Kier molecular flexibility index (Phi) is 6.79. The molecule has 2 aromatic rings. The summed E-state index contributed by atoms with van der Waals surface area (Å²) >= 11 is 5.23. The van der Waals surface area contributed by atoms with Gasteiger partial charge in [0.05, 0.1) is 19.0 Å². The Morgan fingerprint density at radius 2 is 1.88 bits per heavy atom. The minimum atomic E-state index is 0.361. The van der Waals surface area contributed by atoms with E-state index in [2.05, 4.69) is 22.4 Å². The Balaban J connectivity index is 1.96. The Morgan fingerprint density at radius 3 is 2.62 bits per heavy atom. The Morgan fingerprint density at radius 1 is 1.17 bits per heavy atom. The number of ether oxygens (including phenoxy) is 2. The summed E-state index contributed by atoms with van der Waals surface area (Å²) in [6, 6.07) is 15.1. The zero-order valence-corrected chi connectivity index (χ0v) is 14.2.